The summed E-state index contributed by atoms with van der Waals surface area (Å²) in [5.41, 5.74) is -0.498. The zero-order valence-electron chi connectivity index (χ0n) is 10.0. The van der Waals surface area contributed by atoms with Gasteiger partial charge in [0, 0.05) is 12.5 Å². The highest BCUT2D eigenvalue weighted by atomic mass is 16.6. The molecule has 0 bridgehead atoms. The van der Waals surface area contributed by atoms with Gasteiger partial charge in [0.15, 0.2) is 0 Å². The summed E-state index contributed by atoms with van der Waals surface area (Å²) in [5, 5.41) is 24.0. The number of rotatable bonds is 5. The molecule has 0 aliphatic rings. The molecule has 0 spiro atoms. The summed E-state index contributed by atoms with van der Waals surface area (Å²) in [6.45, 7) is 5.71. The van der Waals surface area contributed by atoms with E-state index in [1.807, 2.05) is 6.92 Å². The zero-order chi connectivity index (χ0) is 13.2. The molecule has 0 aliphatic carbocycles. The number of carboxylic acid groups (broad SMARTS) is 1. The molecule has 94 valence electrons. The number of hydrogen-bond donors (Lipinski definition) is 1. The Morgan fingerprint density at radius 3 is 2.53 bits per heavy atom. The van der Waals surface area contributed by atoms with Crippen molar-refractivity contribution >= 4 is 11.7 Å². The van der Waals surface area contributed by atoms with Gasteiger partial charge in [0.05, 0.1) is 4.92 Å². The second-order valence-electron chi connectivity index (χ2n) is 4.02. The van der Waals surface area contributed by atoms with Gasteiger partial charge in [-0.3, -0.25) is 14.8 Å². The lowest BCUT2D eigenvalue weighted by molar-refractivity contribution is -0.386. The van der Waals surface area contributed by atoms with Crippen molar-refractivity contribution in [1.29, 1.82) is 0 Å². The smallest absolute Gasteiger partial charge is 0.361 e. The summed E-state index contributed by atoms with van der Waals surface area (Å²) in [6.07, 6.45) is 0.663. The molecule has 0 unspecified atom stereocenters. The van der Waals surface area contributed by atoms with Gasteiger partial charge in [-0.1, -0.05) is 20.8 Å². The van der Waals surface area contributed by atoms with Crippen LogP contribution in [0.5, 0.6) is 0 Å². The van der Waals surface area contributed by atoms with Crippen molar-refractivity contribution < 1.29 is 14.8 Å². The molecular formula is C10H15N3O4. The number of nitro groups is 1. The van der Waals surface area contributed by atoms with E-state index in [1.54, 1.807) is 13.8 Å². The molecule has 0 saturated heterocycles. The molecule has 7 heteroatoms. The van der Waals surface area contributed by atoms with Gasteiger partial charge in [-0.25, -0.2) is 4.79 Å². The summed E-state index contributed by atoms with van der Waals surface area (Å²) in [6, 6.07) is 0. The summed E-state index contributed by atoms with van der Waals surface area (Å²) in [5.74, 6) is -1.50. The zero-order valence-corrected chi connectivity index (χ0v) is 10.0. The molecule has 0 amide bonds. The third-order valence-corrected chi connectivity index (χ3v) is 2.32. The molecule has 7 nitrogen and oxygen atoms in total. The standard InChI is InChI=1S/C10H15N3O4/c1-4-5-12-9(10(14)15)8(13(16)17)7(11-12)6(2)3/h6H,4-5H2,1-3H3,(H,14,15). The van der Waals surface area contributed by atoms with Crippen molar-refractivity contribution in [3.05, 3.63) is 21.5 Å². The van der Waals surface area contributed by atoms with E-state index in [2.05, 4.69) is 5.10 Å². The monoisotopic (exact) mass is 241 g/mol. The first-order valence-electron chi connectivity index (χ1n) is 5.38. The predicted octanol–water partition coefficient (Wildman–Crippen LogP) is 2.02. The first kappa shape index (κ1) is 13.1. The van der Waals surface area contributed by atoms with Crippen LogP contribution in [0.3, 0.4) is 0 Å². The van der Waals surface area contributed by atoms with Crippen molar-refractivity contribution in [2.45, 2.75) is 39.7 Å². The maximum atomic E-state index is 11.1. The Bertz CT molecular complexity index is 451. The van der Waals surface area contributed by atoms with E-state index in [0.717, 1.165) is 0 Å². The molecule has 1 rings (SSSR count). The number of aryl methyl sites for hydroxylation is 1. The van der Waals surface area contributed by atoms with Crippen LogP contribution in [0.4, 0.5) is 5.69 Å². The van der Waals surface area contributed by atoms with Crippen molar-refractivity contribution in [3.63, 3.8) is 0 Å². The maximum Gasteiger partial charge on any atom is 0.361 e. The Kier molecular flexibility index (Phi) is 3.82. The fourth-order valence-corrected chi connectivity index (χ4v) is 1.63. The van der Waals surface area contributed by atoms with Gasteiger partial charge in [-0.05, 0) is 6.42 Å². The molecule has 0 atom stereocenters. The van der Waals surface area contributed by atoms with Gasteiger partial charge in [0.1, 0.15) is 5.69 Å². The van der Waals surface area contributed by atoms with Crippen LogP contribution in [-0.2, 0) is 6.54 Å². The lowest BCUT2D eigenvalue weighted by Gasteiger charge is -1.99. The summed E-state index contributed by atoms with van der Waals surface area (Å²) >= 11 is 0. The van der Waals surface area contributed by atoms with Crippen molar-refractivity contribution in [2.75, 3.05) is 0 Å². The number of carbonyl (C=O) groups is 1. The normalized spacial score (nSPS) is 10.8. The maximum absolute atomic E-state index is 11.1. The summed E-state index contributed by atoms with van der Waals surface area (Å²) in [4.78, 5) is 21.4. The first-order chi connectivity index (χ1) is 7.90. The molecule has 17 heavy (non-hydrogen) atoms. The molecule has 0 fully saturated rings. The fraction of sp³-hybridized carbons (Fsp3) is 0.600. The molecule has 0 radical (unpaired) electrons. The third-order valence-electron chi connectivity index (χ3n) is 2.32. The average molecular weight is 241 g/mol. The number of aromatic nitrogens is 2. The molecule has 0 aromatic carbocycles. The Morgan fingerprint density at radius 2 is 2.18 bits per heavy atom. The highest BCUT2D eigenvalue weighted by molar-refractivity contribution is 5.91. The molecule has 1 aromatic rings. The number of hydrogen-bond acceptors (Lipinski definition) is 4. The lowest BCUT2D eigenvalue weighted by atomic mass is 10.1. The topological polar surface area (TPSA) is 98.3 Å². The van der Waals surface area contributed by atoms with Crippen LogP contribution in [-0.4, -0.2) is 25.8 Å². The quantitative estimate of drug-likeness (QED) is 0.628. The minimum atomic E-state index is -1.32. The van der Waals surface area contributed by atoms with Gasteiger partial charge >= 0.3 is 11.7 Å². The highest BCUT2D eigenvalue weighted by Gasteiger charge is 2.33. The SMILES string of the molecule is CCCn1nc(C(C)C)c([N+](=O)[O-])c1C(=O)O. The number of carboxylic acids is 1. The minimum Gasteiger partial charge on any atom is -0.476 e. The average Bonchev–Trinajstić information content (AvgIpc) is 2.57. The predicted molar refractivity (Wildman–Crippen MR) is 60.2 cm³/mol. The van der Waals surface area contributed by atoms with E-state index < -0.39 is 10.9 Å². The van der Waals surface area contributed by atoms with E-state index in [1.165, 1.54) is 4.68 Å². The minimum absolute atomic E-state index is 0.188. The molecule has 1 heterocycles. The Labute approximate surface area is 98.2 Å². The Hall–Kier alpha value is -1.92. The van der Waals surface area contributed by atoms with Crippen molar-refractivity contribution in [1.82, 2.24) is 9.78 Å². The van der Waals surface area contributed by atoms with Crippen LogP contribution >= 0.6 is 0 Å². The molecule has 0 aliphatic heterocycles. The van der Waals surface area contributed by atoms with E-state index in [4.69, 9.17) is 5.11 Å². The summed E-state index contributed by atoms with van der Waals surface area (Å²) in [7, 11) is 0. The van der Waals surface area contributed by atoms with Crippen LogP contribution in [0.2, 0.25) is 0 Å². The molecule has 1 aromatic heterocycles. The number of aromatic carboxylic acids is 1. The molecule has 1 N–H and O–H groups in total. The Morgan fingerprint density at radius 1 is 1.59 bits per heavy atom. The molecular weight excluding hydrogens is 226 g/mol. The van der Waals surface area contributed by atoms with Crippen LogP contribution in [0, 0.1) is 10.1 Å². The second-order valence-corrected chi connectivity index (χ2v) is 4.02. The van der Waals surface area contributed by atoms with E-state index >= 15 is 0 Å². The van der Waals surface area contributed by atoms with Crippen molar-refractivity contribution in [3.8, 4) is 0 Å². The van der Waals surface area contributed by atoms with Crippen LogP contribution < -0.4 is 0 Å². The van der Waals surface area contributed by atoms with Gasteiger partial charge in [0.25, 0.3) is 0 Å². The second kappa shape index (κ2) is 4.94. The van der Waals surface area contributed by atoms with Crippen LogP contribution in [0.15, 0.2) is 0 Å². The van der Waals surface area contributed by atoms with E-state index in [9.17, 15) is 14.9 Å². The highest BCUT2D eigenvalue weighted by Crippen LogP contribution is 2.29. The summed E-state index contributed by atoms with van der Waals surface area (Å²) < 4.78 is 1.20. The van der Waals surface area contributed by atoms with E-state index in [-0.39, 0.29) is 23.0 Å². The van der Waals surface area contributed by atoms with Crippen molar-refractivity contribution in [2.24, 2.45) is 0 Å². The number of nitrogens with zero attached hydrogens (tertiary/aromatic N) is 3. The van der Waals surface area contributed by atoms with Crippen LogP contribution in [0.25, 0.3) is 0 Å². The fourth-order valence-electron chi connectivity index (χ4n) is 1.63. The van der Waals surface area contributed by atoms with Crippen LogP contribution in [0.1, 0.15) is 49.3 Å². The molecule has 0 saturated carbocycles. The van der Waals surface area contributed by atoms with Gasteiger partial charge in [-0.2, -0.15) is 5.10 Å². The van der Waals surface area contributed by atoms with Gasteiger partial charge < -0.3 is 5.11 Å². The third kappa shape index (κ3) is 2.43. The first-order valence-corrected chi connectivity index (χ1v) is 5.38. The largest absolute Gasteiger partial charge is 0.476 e. The van der Waals surface area contributed by atoms with Gasteiger partial charge in [0.2, 0.25) is 5.69 Å². The van der Waals surface area contributed by atoms with Gasteiger partial charge in [-0.15, -0.1) is 0 Å². The lowest BCUT2D eigenvalue weighted by Crippen LogP contribution is -2.11. The Balaban J connectivity index is 3.49. The van der Waals surface area contributed by atoms with E-state index in [0.29, 0.717) is 13.0 Å².